The molecule has 0 saturated carbocycles. The van der Waals surface area contributed by atoms with Crippen LogP contribution in [0.3, 0.4) is 0 Å². The minimum absolute atomic E-state index is 0.119. The van der Waals surface area contributed by atoms with Crippen LogP contribution in [0.2, 0.25) is 0 Å². The number of nitrogens with zero attached hydrogens (tertiary/aromatic N) is 8. The molecule has 0 aliphatic carbocycles. The van der Waals surface area contributed by atoms with Crippen LogP contribution in [-0.4, -0.2) is 92.6 Å². The zero-order valence-electron chi connectivity index (χ0n) is 28.4. The molecule has 0 amide bonds. The van der Waals surface area contributed by atoms with E-state index in [1.165, 1.54) is 0 Å². The van der Waals surface area contributed by atoms with Gasteiger partial charge in [-0.15, -0.1) is 0 Å². The van der Waals surface area contributed by atoms with E-state index in [0.717, 1.165) is 80.8 Å². The summed E-state index contributed by atoms with van der Waals surface area (Å²) in [6.45, 7) is 8.46. The normalized spacial score (nSPS) is 13.1. The summed E-state index contributed by atoms with van der Waals surface area (Å²) in [7, 11) is 0. The number of rotatable bonds is 23. The van der Waals surface area contributed by atoms with Crippen LogP contribution in [0.1, 0.15) is 74.9 Å². The van der Waals surface area contributed by atoms with Crippen LogP contribution in [0.4, 0.5) is 23.8 Å². The fourth-order valence-electron chi connectivity index (χ4n) is 4.99. The summed E-state index contributed by atoms with van der Waals surface area (Å²) in [5, 5.41) is 9.82. The maximum Gasteiger partial charge on any atom is 0.230 e. The van der Waals surface area contributed by atoms with Gasteiger partial charge in [0.1, 0.15) is 17.5 Å². The minimum Gasteiger partial charge on any atom is -0.384 e. The smallest absolute Gasteiger partial charge is 0.230 e. The van der Waals surface area contributed by atoms with Crippen LogP contribution in [-0.2, 0) is 12.8 Å². The maximum atomic E-state index is 6.36. The van der Waals surface area contributed by atoms with Crippen molar-refractivity contribution in [1.82, 2.24) is 40.1 Å². The number of nitrogens with one attached hydrogen (secondary N) is 3. The largest absolute Gasteiger partial charge is 0.384 e. The Morgan fingerprint density at radius 1 is 0.833 bits per heavy atom. The van der Waals surface area contributed by atoms with Gasteiger partial charge in [-0.1, -0.05) is 44.5 Å². The standard InChI is InChI=1S/C31H55N17/c1-3-23-41-24(43-28(36)42-23)10-6-5-7-16-38-26(34)21-11-13-22(14-12-21)27(35)39-17-8-9-18-40-30-45-29(37)46-31(47-30)44-25(20-33)48(4-2)19-15-32/h11-14,25-26,38H,3-10,15-20,32-34H2,1-2H3,(H2,35,39)(H2,36,41,42,43)(H4,37,40,44,45,46,47). The highest BCUT2D eigenvalue weighted by Gasteiger charge is 2.17. The van der Waals surface area contributed by atoms with Crippen LogP contribution in [0, 0.1) is 0 Å². The van der Waals surface area contributed by atoms with E-state index in [9.17, 15) is 0 Å². The molecule has 0 spiro atoms. The number of hydrogen-bond donors (Lipinski definition) is 9. The van der Waals surface area contributed by atoms with Crippen LogP contribution in [0.25, 0.3) is 0 Å². The minimum atomic E-state index is -0.268. The highest BCUT2D eigenvalue weighted by atomic mass is 15.3. The number of unbranched alkanes of at least 4 members (excludes halogenated alkanes) is 3. The molecule has 2 unspecified atom stereocenters. The Balaban J connectivity index is 1.34. The third kappa shape index (κ3) is 13.1. The average molecular weight is 666 g/mol. The highest BCUT2D eigenvalue weighted by molar-refractivity contribution is 5.97. The molecule has 1 aromatic carbocycles. The summed E-state index contributed by atoms with van der Waals surface area (Å²) in [6, 6.07) is 7.86. The number of aryl methyl sites for hydroxylation is 2. The summed E-state index contributed by atoms with van der Waals surface area (Å²) in [6.07, 6.45) is 5.76. The predicted molar refractivity (Wildman–Crippen MR) is 193 cm³/mol. The second-order valence-electron chi connectivity index (χ2n) is 11.3. The molecule has 48 heavy (non-hydrogen) atoms. The second-order valence-corrected chi connectivity index (χ2v) is 11.3. The van der Waals surface area contributed by atoms with Gasteiger partial charge >= 0.3 is 0 Å². The number of likely N-dealkylation sites (N-methyl/N-ethyl adjacent to an activating group) is 1. The summed E-state index contributed by atoms with van der Waals surface area (Å²) in [5.41, 5.74) is 37.8. The quantitative estimate of drug-likeness (QED) is 0.0285. The molecule has 0 fully saturated rings. The van der Waals surface area contributed by atoms with E-state index in [2.05, 4.69) is 55.7 Å². The first-order valence-corrected chi connectivity index (χ1v) is 16.8. The van der Waals surface area contributed by atoms with Crippen molar-refractivity contribution in [2.24, 2.45) is 27.9 Å². The predicted octanol–water partition coefficient (Wildman–Crippen LogP) is 0.318. The molecule has 15 N–H and O–H groups in total. The van der Waals surface area contributed by atoms with Crippen LogP contribution in [0.15, 0.2) is 29.3 Å². The van der Waals surface area contributed by atoms with Crippen molar-refractivity contribution in [2.75, 3.05) is 67.9 Å². The molecule has 0 aliphatic rings. The Morgan fingerprint density at radius 2 is 1.54 bits per heavy atom. The van der Waals surface area contributed by atoms with Gasteiger partial charge in [-0.05, 0) is 44.3 Å². The Kier molecular flexibility index (Phi) is 16.6. The van der Waals surface area contributed by atoms with E-state index in [-0.39, 0.29) is 18.3 Å². The van der Waals surface area contributed by atoms with Gasteiger partial charge in [0, 0.05) is 51.1 Å². The highest BCUT2D eigenvalue weighted by Crippen LogP contribution is 2.12. The number of aromatic nitrogens is 6. The molecule has 17 nitrogen and oxygen atoms in total. The van der Waals surface area contributed by atoms with Crippen LogP contribution >= 0.6 is 0 Å². The summed E-state index contributed by atoms with van der Waals surface area (Å²) < 4.78 is 0. The monoisotopic (exact) mass is 665 g/mol. The Labute approximate surface area is 283 Å². The van der Waals surface area contributed by atoms with Crippen molar-refractivity contribution in [3.8, 4) is 0 Å². The third-order valence-electron chi connectivity index (χ3n) is 7.65. The number of nitrogen functional groups attached to an aromatic ring is 2. The fourth-order valence-corrected chi connectivity index (χ4v) is 4.99. The van der Waals surface area contributed by atoms with Gasteiger partial charge in [0.2, 0.25) is 23.8 Å². The van der Waals surface area contributed by atoms with E-state index >= 15 is 0 Å². The topological polar surface area (TPSA) is 285 Å². The Bertz CT molecular complexity index is 1380. The van der Waals surface area contributed by atoms with Crippen molar-refractivity contribution >= 4 is 29.6 Å². The first-order valence-electron chi connectivity index (χ1n) is 16.8. The summed E-state index contributed by atoms with van der Waals surface area (Å²) in [4.78, 5) is 32.3. The van der Waals surface area contributed by atoms with Crippen molar-refractivity contribution in [2.45, 2.75) is 71.1 Å². The molecule has 2 heterocycles. The molecule has 0 saturated heterocycles. The van der Waals surface area contributed by atoms with E-state index in [1.807, 2.05) is 38.1 Å². The second kappa shape index (κ2) is 20.8. The average Bonchev–Trinajstić information content (AvgIpc) is 3.08. The van der Waals surface area contributed by atoms with Gasteiger partial charge in [-0.2, -0.15) is 24.9 Å². The zero-order chi connectivity index (χ0) is 34.7. The molecule has 2 atom stereocenters. The van der Waals surface area contributed by atoms with Gasteiger partial charge in [-0.3, -0.25) is 15.2 Å². The number of amidine groups is 1. The van der Waals surface area contributed by atoms with Crippen molar-refractivity contribution in [3.63, 3.8) is 0 Å². The maximum absolute atomic E-state index is 6.36. The Morgan fingerprint density at radius 3 is 2.25 bits per heavy atom. The third-order valence-corrected chi connectivity index (χ3v) is 7.65. The van der Waals surface area contributed by atoms with Gasteiger partial charge in [-0.25, -0.2) is 4.98 Å². The molecule has 2 aromatic heterocycles. The van der Waals surface area contributed by atoms with Gasteiger partial charge in [0.15, 0.2) is 0 Å². The van der Waals surface area contributed by atoms with Crippen molar-refractivity contribution in [1.29, 1.82) is 0 Å². The van der Waals surface area contributed by atoms with Gasteiger partial charge in [0.25, 0.3) is 0 Å². The zero-order valence-corrected chi connectivity index (χ0v) is 28.4. The van der Waals surface area contributed by atoms with Crippen LogP contribution < -0.4 is 50.4 Å². The number of benzene rings is 1. The molecule has 0 radical (unpaired) electrons. The van der Waals surface area contributed by atoms with Gasteiger partial charge < -0.3 is 45.0 Å². The molecular formula is C31H55N17. The van der Waals surface area contributed by atoms with Crippen molar-refractivity contribution in [3.05, 3.63) is 47.0 Å². The first-order chi connectivity index (χ1) is 23.3. The molecule has 264 valence electrons. The first kappa shape index (κ1) is 38.2. The Hall–Kier alpha value is -4.29. The summed E-state index contributed by atoms with van der Waals surface area (Å²) in [5.74, 6) is 3.15. The molecule has 3 aromatic rings. The van der Waals surface area contributed by atoms with Crippen molar-refractivity contribution < 1.29 is 0 Å². The molecule has 3 rings (SSSR count). The lowest BCUT2D eigenvalue weighted by Gasteiger charge is -2.30. The lowest BCUT2D eigenvalue weighted by molar-refractivity contribution is 0.236. The number of aliphatic imine (C=N–C) groups is 1. The molecule has 0 bridgehead atoms. The van der Waals surface area contributed by atoms with E-state index < -0.39 is 0 Å². The molecule has 17 heteroatoms. The summed E-state index contributed by atoms with van der Waals surface area (Å²) >= 11 is 0. The number of anilines is 4. The molecule has 0 aliphatic heterocycles. The lowest BCUT2D eigenvalue weighted by Crippen LogP contribution is -2.48. The number of hydrogen-bond acceptors (Lipinski definition) is 16. The lowest BCUT2D eigenvalue weighted by atomic mass is 10.1. The van der Waals surface area contributed by atoms with Crippen LogP contribution in [0.5, 0.6) is 0 Å². The van der Waals surface area contributed by atoms with Gasteiger partial charge in [0.05, 0.1) is 12.3 Å². The van der Waals surface area contributed by atoms with E-state index in [4.69, 9.17) is 34.4 Å². The molecular weight excluding hydrogens is 610 g/mol. The van der Waals surface area contributed by atoms with E-state index in [0.29, 0.717) is 56.4 Å². The SMILES string of the molecule is CCc1nc(N)nc(CCCCCNC(N)c2ccc(C(N)=NCCCCNc3nc(N)nc(NC(CN)N(CC)CCN)n3)cc2)n1. The fraction of sp³-hybridized carbons (Fsp3) is 0.581. The number of nitrogens with two attached hydrogens (primary N) is 6. The van der Waals surface area contributed by atoms with E-state index in [1.54, 1.807) is 0 Å².